The van der Waals surface area contributed by atoms with Crippen LogP contribution in [0.5, 0.6) is 0 Å². The van der Waals surface area contributed by atoms with Gasteiger partial charge in [0.05, 0.1) is 0 Å². The van der Waals surface area contributed by atoms with Crippen LogP contribution in [0.15, 0.2) is 23.3 Å². The van der Waals surface area contributed by atoms with Crippen molar-refractivity contribution in [2.45, 2.75) is 46.5 Å². The lowest BCUT2D eigenvalue weighted by Gasteiger charge is -2.25. The molecular weight excluding hydrogens is 144 g/mol. The summed E-state index contributed by atoms with van der Waals surface area (Å²) in [6.45, 7) is 10.9. The maximum absolute atomic E-state index is 4.14. The first kappa shape index (κ1) is 9.57. The lowest BCUT2D eigenvalue weighted by molar-refractivity contribution is 0.619. The minimum Gasteiger partial charge on any atom is -0.0956 e. The lowest BCUT2D eigenvalue weighted by Crippen LogP contribution is -2.08. The van der Waals surface area contributed by atoms with Gasteiger partial charge in [-0.3, -0.25) is 0 Å². The van der Waals surface area contributed by atoms with E-state index in [0.29, 0.717) is 5.92 Å². The molecule has 0 aromatic carbocycles. The number of hydrogen-bond acceptors (Lipinski definition) is 0. The molecule has 1 saturated carbocycles. The normalized spacial score (nSPS) is 16.2. The van der Waals surface area contributed by atoms with Crippen molar-refractivity contribution in [3.63, 3.8) is 0 Å². The Bertz CT molecular complexity index is 200. The van der Waals surface area contributed by atoms with Gasteiger partial charge in [-0.15, -0.1) is 0 Å². The van der Waals surface area contributed by atoms with E-state index in [1.54, 1.807) is 11.1 Å². The molecular formula is C12H20. The monoisotopic (exact) mass is 164 g/mol. The van der Waals surface area contributed by atoms with Crippen LogP contribution in [0, 0.1) is 5.92 Å². The molecule has 0 amide bonds. The zero-order valence-corrected chi connectivity index (χ0v) is 8.61. The molecule has 0 N–H and O–H groups in total. The van der Waals surface area contributed by atoms with Gasteiger partial charge in [0, 0.05) is 0 Å². The van der Waals surface area contributed by atoms with Gasteiger partial charge in [0.15, 0.2) is 0 Å². The van der Waals surface area contributed by atoms with Crippen LogP contribution in [-0.4, -0.2) is 0 Å². The molecule has 0 bridgehead atoms. The fourth-order valence-corrected chi connectivity index (χ4v) is 1.88. The highest BCUT2D eigenvalue weighted by Gasteiger charge is 2.17. The van der Waals surface area contributed by atoms with Gasteiger partial charge >= 0.3 is 0 Å². The van der Waals surface area contributed by atoms with Gasteiger partial charge < -0.3 is 0 Å². The van der Waals surface area contributed by atoms with Gasteiger partial charge in [-0.05, 0) is 37.2 Å². The average Bonchev–Trinajstić information content (AvgIpc) is 1.94. The maximum atomic E-state index is 4.14. The Morgan fingerprint density at radius 1 is 1.42 bits per heavy atom. The predicted molar refractivity (Wildman–Crippen MR) is 55.1 cm³/mol. The van der Waals surface area contributed by atoms with Gasteiger partial charge in [-0.1, -0.05) is 38.5 Å². The van der Waals surface area contributed by atoms with Crippen LogP contribution in [0.3, 0.4) is 0 Å². The van der Waals surface area contributed by atoms with E-state index in [1.807, 2.05) is 0 Å². The predicted octanol–water partition coefficient (Wildman–Crippen LogP) is 4.09. The van der Waals surface area contributed by atoms with Gasteiger partial charge in [-0.2, -0.15) is 0 Å². The molecule has 68 valence electrons. The highest BCUT2D eigenvalue weighted by molar-refractivity contribution is 5.36. The van der Waals surface area contributed by atoms with Gasteiger partial charge in [0.2, 0.25) is 0 Å². The molecule has 0 aromatic heterocycles. The number of rotatable bonds is 3. The van der Waals surface area contributed by atoms with Crippen molar-refractivity contribution in [1.82, 2.24) is 0 Å². The summed E-state index contributed by atoms with van der Waals surface area (Å²) in [5, 5.41) is 0. The molecule has 0 unspecified atom stereocenters. The van der Waals surface area contributed by atoms with Crippen molar-refractivity contribution in [2.75, 3.05) is 0 Å². The van der Waals surface area contributed by atoms with Crippen LogP contribution in [0.4, 0.5) is 0 Å². The summed E-state index contributed by atoms with van der Waals surface area (Å²) in [6, 6.07) is 0. The first-order valence-electron chi connectivity index (χ1n) is 5.06. The molecule has 0 spiro atoms. The molecule has 0 aliphatic heterocycles. The van der Waals surface area contributed by atoms with E-state index >= 15 is 0 Å². The van der Waals surface area contributed by atoms with Crippen LogP contribution in [-0.2, 0) is 0 Å². The molecule has 1 aliphatic carbocycles. The molecule has 0 saturated heterocycles. The molecule has 0 radical (unpaired) electrons. The second kappa shape index (κ2) is 3.93. The van der Waals surface area contributed by atoms with Crippen molar-refractivity contribution in [3.05, 3.63) is 23.3 Å². The van der Waals surface area contributed by atoms with E-state index < -0.39 is 0 Å². The summed E-state index contributed by atoms with van der Waals surface area (Å²) in [4.78, 5) is 0. The van der Waals surface area contributed by atoms with E-state index in [9.17, 15) is 0 Å². The topological polar surface area (TPSA) is 0 Å². The van der Waals surface area contributed by atoms with Crippen LogP contribution in [0.2, 0.25) is 0 Å². The quantitative estimate of drug-likeness (QED) is 0.589. The van der Waals surface area contributed by atoms with Crippen molar-refractivity contribution in [2.24, 2.45) is 5.92 Å². The SMILES string of the molecule is C=C(CC)C(=C1CCC1)C(C)C. The van der Waals surface area contributed by atoms with E-state index in [1.165, 1.54) is 24.8 Å². The Kier molecular flexibility index (Phi) is 3.13. The third-order valence-corrected chi connectivity index (χ3v) is 2.72. The smallest absolute Gasteiger partial charge is 0.0217 e. The second-order valence-corrected chi connectivity index (χ2v) is 3.98. The van der Waals surface area contributed by atoms with E-state index in [-0.39, 0.29) is 0 Å². The first-order chi connectivity index (χ1) is 5.66. The molecule has 1 aliphatic rings. The Morgan fingerprint density at radius 2 is 2.00 bits per heavy atom. The molecule has 0 aromatic rings. The Hall–Kier alpha value is -0.520. The van der Waals surface area contributed by atoms with Crippen molar-refractivity contribution >= 4 is 0 Å². The zero-order chi connectivity index (χ0) is 9.14. The summed E-state index contributed by atoms with van der Waals surface area (Å²) in [6.07, 6.45) is 5.15. The highest BCUT2D eigenvalue weighted by Crippen LogP contribution is 2.35. The van der Waals surface area contributed by atoms with Crippen LogP contribution < -0.4 is 0 Å². The van der Waals surface area contributed by atoms with Crippen LogP contribution in [0.25, 0.3) is 0 Å². The van der Waals surface area contributed by atoms with E-state index in [2.05, 4.69) is 27.4 Å². The fourth-order valence-electron chi connectivity index (χ4n) is 1.88. The van der Waals surface area contributed by atoms with Crippen LogP contribution >= 0.6 is 0 Å². The van der Waals surface area contributed by atoms with Crippen molar-refractivity contribution in [3.8, 4) is 0 Å². The first-order valence-corrected chi connectivity index (χ1v) is 5.06. The summed E-state index contributed by atoms with van der Waals surface area (Å²) in [7, 11) is 0. The third-order valence-electron chi connectivity index (χ3n) is 2.72. The van der Waals surface area contributed by atoms with Crippen molar-refractivity contribution < 1.29 is 0 Å². The fraction of sp³-hybridized carbons (Fsp3) is 0.667. The van der Waals surface area contributed by atoms with E-state index in [0.717, 1.165) is 6.42 Å². The Morgan fingerprint density at radius 3 is 2.25 bits per heavy atom. The Balaban J connectivity index is 2.81. The molecule has 0 heterocycles. The average molecular weight is 164 g/mol. The third kappa shape index (κ3) is 1.80. The van der Waals surface area contributed by atoms with Gasteiger partial charge in [-0.25, -0.2) is 0 Å². The molecule has 0 nitrogen and oxygen atoms in total. The molecule has 12 heavy (non-hydrogen) atoms. The summed E-state index contributed by atoms with van der Waals surface area (Å²) < 4.78 is 0. The van der Waals surface area contributed by atoms with Crippen molar-refractivity contribution in [1.29, 1.82) is 0 Å². The maximum Gasteiger partial charge on any atom is -0.0217 e. The largest absolute Gasteiger partial charge is 0.0956 e. The highest BCUT2D eigenvalue weighted by atomic mass is 14.2. The van der Waals surface area contributed by atoms with E-state index in [4.69, 9.17) is 0 Å². The molecule has 1 fully saturated rings. The standard InChI is InChI=1S/C12H20/c1-5-10(4)12(9(2)3)11-7-6-8-11/h9H,4-8H2,1-3H3. The number of hydrogen-bond donors (Lipinski definition) is 0. The Labute approximate surface area is 76.4 Å². The summed E-state index contributed by atoms with van der Waals surface area (Å²) >= 11 is 0. The summed E-state index contributed by atoms with van der Waals surface area (Å²) in [5.41, 5.74) is 4.61. The van der Waals surface area contributed by atoms with Crippen LogP contribution in [0.1, 0.15) is 46.5 Å². The zero-order valence-electron chi connectivity index (χ0n) is 8.61. The minimum atomic E-state index is 0.674. The molecule has 1 rings (SSSR count). The van der Waals surface area contributed by atoms with Gasteiger partial charge in [0.25, 0.3) is 0 Å². The minimum absolute atomic E-state index is 0.674. The van der Waals surface area contributed by atoms with Gasteiger partial charge in [0.1, 0.15) is 0 Å². The molecule has 0 heteroatoms. The molecule has 0 atom stereocenters. The second-order valence-electron chi connectivity index (χ2n) is 3.98. The summed E-state index contributed by atoms with van der Waals surface area (Å²) in [5.74, 6) is 0.674. The lowest BCUT2D eigenvalue weighted by atomic mass is 9.80. The number of allylic oxidation sites excluding steroid dienone is 3.